The molecular formula is C15H26N2O. The molecule has 3 atom stereocenters. The van der Waals surface area contributed by atoms with Gasteiger partial charge in [-0.2, -0.15) is 0 Å². The zero-order valence-corrected chi connectivity index (χ0v) is 11.5. The number of nitrogens with one attached hydrogen (secondary N) is 1. The van der Waals surface area contributed by atoms with Gasteiger partial charge >= 0.3 is 0 Å². The summed E-state index contributed by atoms with van der Waals surface area (Å²) in [7, 11) is 0. The molecule has 0 radical (unpaired) electrons. The van der Waals surface area contributed by atoms with E-state index in [4.69, 9.17) is 0 Å². The molecule has 1 aliphatic heterocycles. The maximum atomic E-state index is 12.7. The lowest BCUT2D eigenvalue weighted by Crippen LogP contribution is -2.45. The molecule has 0 bridgehead atoms. The van der Waals surface area contributed by atoms with Crippen molar-refractivity contribution in [2.24, 2.45) is 11.8 Å². The Morgan fingerprint density at radius 2 is 2.00 bits per heavy atom. The normalized spacial score (nSPS) is 35.9. The first-order valence-electron chi connectivity index (χ1n) is 7.79. The second-order valence-electron chi connectivity index (χ2n) is 6.53. The van der Waals surface area contributed by atoms with Crippen LogP contribution in [0.3, 0.4) is 0 Å². The van der Waals surface area contributed by atoms with Gasteiger partial charge < -0.3 is 10.2 Å². The second-order valence-corrected chi connectivity index (χ2v) is 6.53. The average Bonchev–Trinajstić information content (AvgIpc) is 2.89. The summed E-state index contributed by atoms with van der Waals surface area (Å²) in [6.45, 7) is 4.36. The molecule has 1 heterocycles. The summed E-state index contributed by atoms with van der Waals surface area (Å²) in [6.07, 6.45) is 8.61. The van der Waals surface area contributed by atoms with E-state index in [0.29, 0.717) is 29.8 Å². The molecule has 2 aliphatic carbocycles. The first-order chi connectivity index (χ1) is 8.75. The van der Waals surface area contributed by atoms with E-state index >= 15 is 0 Å². The fraction of sp³-hybridized carbons (Fsp3) is 0.933. The molecule has 0 aromatic rings. The number of rotatable bonds is 4. The third-order valence-electron chi connectivity index (χ3n) is 5.03. The standard InChI is InChI=1S/C15H26N2O/c1-11-4-2-6-14(11)15(18)17(13-7-8-13)10-12-5-3-9-16-12/h11-14,16H,2-10H2,1H3. The largest absolute Gasteiger partial charge is 0.338 e. The van der Waals surface area contributed by atoms with Crippen molar-refractivity contribution in [2.45, 2.75) is 64.0 Å². The molecule has 18 heavy (non-hydrogen) atoms. The Labute approximate surface area is 110 Å². The first-order valence-corrected chi connectivity index (χ1v) is 7.79. The van der Waals surface area contributed by atoms with Crippen LogP contribution in [-0.4, -0.2) is 36.0 Å². The maximum Gasteiger partial charge on any atom is 0.226 e. The number of hydrogen-bond donors (Lipinski definition) is 1. The van der Waals surface area contributed by atoms with E-state index in [1.807, 2.05) is 0 Å². The van der Waals surface area contributed by atoms with Crippen LogP contribution in [0.15, 0.2) is 0 Å². The van der Waals surface area contributed by atoms with Gasteiger partial charge in [0.25, 0.3) is 0 Å². The first kappa shape index (κ1) is 12.5. The summed E-state index contributed by atoms with van der Waals surface area (Å²) in [5.41, 5.74) is 0. The van der Waals surface area contributed by atoms with Crippen LogP contribution >= 0.6 is 0 Å². The Morgan fingerprint density at radius 1 is 1.17 bits per heavy atom. The summed E-state index contributed by atoms with van der Waals surface area (Å²) >= 11 is 0. The van der Waals surface area contributed by atoms with Gasteiger partial charge in [0, 0.05) is 24.5 Å². The third kappa shape index (κ3) is 2.56. The van der Waals surface area contributed by atoms with Crippen molar-refractivity contribution in [3.05, 3.63) is 0 Å². The fourth-order valence-electron chi connectivity index (χ4n) is 3.68. The minimum Gasteiger partial charge on any atom is -0.338 e. The molecule has 0 aromatic heterocycles. The highest BCUT2D eigenvalue weighted by Crippen LogP contribution is 2.36. The van der Waals surface area contributed by atoms with Crippen molar-refractivity contribution >= 4 is 5.91 Å². The zero-order chi connectivity index (χ0) is 12.5. The molecule has 1 saturated heterocycles. The van der Waals surface area contributed by atoms with Gasteiger partial charge in [-0.3, -0.25) is 4.79 Å². The minimum absolute atomic E-state index is 0.326. The van der Waals surface area contributed by atoms with Crippen molar-refractivity contribution in [1.82, 2.24) is 10.2 Å². The topological polar surface area (TPSA) is 32.3 Å². The van der Waals surface area contributed by atoms with Crippen molar-refractivity contribution in [3.8, 4) is 0 Å². The predicted molar refractivity (Wildman–Crippen MR) is 72.3 cm³/mol. The van der Waals surface area contributed by atoms with Gasteiger partial charge in [-0.05, 0) is 51.0 Å². The lowest BCUT2D eigenvalue weighted by Gasteiger charge is -2.29. The third-order valence-corrected chi connectivity index (χ3v) is 5.03. The number of nitrogens with zero attached hydrogens (tertiary/aromatic N) is 1. The van der Waals surface area contributed by atoms with E-state index in [2.05, 4.69) is 17.1 Å². The molecule has 3 unspecified atom stereocenters. The molecule has 3 nitrogen and oxygen atoms in total. The summed E-state index contributed by atoms with van der Waals surface area (Å²) in [5, 5.41) is 3.53. The van der Waals surface area contributed by atoms with Gasteiger partial charge in [0.15, 0.2) is 0 Å². The highest BCUT2D eigenvalue weighted by molar-refractivity contribution is 5.80. The van der Waals surface area contributed by atoms with E-state index in [1.54, 1.807) is 0 Å². The molecule has 1 amide bonds. The van der Waals surface area contributed by atoms with E-state index in [1.165, 1.54) is 38.5 Å². The predicted octanol–water partition coefficient (Wildman–Crippen LogP) is 2.17. The molecule has 0 aromatic carbocycles. The van der Waals surface area contributed by atoms with Crippen LogP contribution in [0.4, 0.5) is 0 Å². The van der Waals surface area contributed by atoms with E-state index < -0.39 is 0 Å². The highest BCUT2D eigenvalue weighted by atomic mass is 16.2. The van der Waals surface area contributed by atoms with E-state index in [0.717, 1.165) is 19.5 Å². The molecule has 102 valence electrons. The van der Waals surface area contributed by atoms with Gasteiger partial charge in [0.1, 0.15) is 0 Å². The Kier molecular flexibility index (Phi) is 3.60. The van der Waals surface area contributed by atoms with Gasteiger partial charge in [0.2, 0.25) is 5.91 Å². The van der Waals surface area contributed by atoms with E-state index in [9.17, 15) is 4.79 Å². The van der Waals surface area contributed by atoms with Crippen LogP contribution in [-0.2, 0) is 4.79 Å². The van der Waals surface area contributed by atoms with Crippen LogP contribution in [0, 0.1) is 11.8 Å². The number of carbonyl (C=O) groups excluding carboxylic acids is 1. The molecule has 2 saturated carbocycles. The smallest absolute Gasteiger partial charge is 0.226 e. The van der Waals surface area contributed by atoms with Gasteiger partial charge in [-0.15, -0.1) is 0 Å². The number of amides is 1. The van der Waals surface area contributed by atoms with Crippen molar-refractivity contribution < 1.29 is 4.79 Å². The molecule has 0 spiro atoms. The maximum absolute atomic E-state index is 12.7. The number of carbonyl (C=O) groups is 1. The van der Waals surface area contributed by atoms with Crippen LogP contribution < -0.4 is 5.32 Å². The lowest BCUT2D eigenvalue weighted by molar-refractivity contribution is -0.137. The number of hydrogen-bond acceptors (Lipinski definition) is 2. The summed E-state index contributed by atoms with van der Waals surface area (Å²) in [4.78, 5) is 15.0. The molecule has 3 rings (SSSR count). The molecule has 3 aliphatic rings. The molecule has 3 fully saturated rings. The van der Waals surface area contributed by atoms with Gasteiger partial charge in [0.05, 0.1) is 0 Å². The van der Waals surface area contributed by atoms with E-state index in [-0.39, 0.29) is 0 Å². The summed E-state index contributed by atoms with van der Waals surface area (Å²) in [6, 6.07) is 1.14. The Morgan fingerprint density at radius 3 is 2.56 bits per heavy atom. The van der Waals surface area contributed by atoms with Gasteiger partial charge in [-0.1, -0.05) is 13.3 Å². The minimum atomic E-state index is 0.326. The van der Waals surface area contributed by atoms with Crippen LogP contribution in [0.5, 0.6) is 0 Å². The van der Waals surface area contributed by atoms with Crippen molar-refractivity contribution in [3.63, 3.8) is 0 Å². The van der Waals surface area contributed by atoms with Gasteiger partial charge in [-0.25, -0.2) is 0 Å². The van der Waals surface area contributed by atoms with Crippen LogP contribution in [0.1, 0.15) is 51.9 Å². The second kappa shape index (κ2) is 5.20. The lowest BCUT2D eigenvalue weighted by atomic mass is 9.96. The Hall–Kier alpha value is -0.570. The quantitative estimate of drug-likeness (QED) is 0.829. The fourth-order valence-corrected chi connectivity index (χ4v) is 3.68. The van der Waals surface area contributed by atoms with Crippen molar-refractivity contribution in [1.29, 1.82) is 0 Å². The average molecular weight is 250 g/mol. The zero-order valence-electron chi connectivity index (χ0n) is 11.5. The highest BCUT2D eigenvalue weighted by Gasteiger charge is 2.40. The molecule has 1 N–H and O–H groups in total. The van der Waals surface area contributed by atoms with Crippen LogP contribution in [0.2, 0.25) is 0 Å². The summed E-state index contributed by atoms with van der Waals surface area (Å²) in [5.74, 6) is 1.40. The molecule has 3 heteroatoms. The van der Waals surface area contributed by atoms with Crippen LogP contribution in [0.25, 0.3) is 0 Å². The summed E-state index contributed by atoms with van der Waals surface area (Å²) < 4.78 is 0. The van der Waals surface area contributed by atoms with Crippen molar-refractivity contribution in [2.75, 3.05) is 13.1 Å². The SMILES string of the molecule is CC1CCCC1C(=O)N(CC1CCCN1)C1CC1. The Balaban J connectivity index is 1.63. The monoisotopic (exact) mass is 250 g/mol. The molecular weight excluding hydrogens is 224 g/mol. The Bertz CT molecular complexity index is 308.